The van der Waals surface area contributed by atoms with Crippen LogP contribution >= 0.6 is 0 Å². The summed E-state index contributed by atoms with van der Waals surface area (Å²) in [4.78, 5) is 9.37. The molecule has 1 aromatic rings. The minimum atomic E-state index is -4.37. The van der Waals surface area contributed by atoms with Crippen LogP contribution in [0.4, 0.5) is 20.2 Å². The van der Waals surface area contributed by atoms with Crippen molar-refractivity contribution in [3.63, 3.8) is 0 Å². The van der Waals surface area contributed by atoms with Gasteiger partial charge in [-0.15, -0.1) is 0 Å². The minimum Gasteiger partial charge on any atom is -0.388 e. The zero-order valence-electron chi connectivity index (χ0n) is 10.7. The lowest BCUT2D eigenvalue weighted by Gasteiger charge is -2.17. The molecule has 0 aromatic heterocycles. The van der Waals surface area contributed by atoms with Crippen LogP contribution in [-0.4, -0.2) is 44.7 Å². The van der Waals surface area contributed by atoms with Crippen LogP contribution in [0.25, 0.3) is 0 Å². The highest BCUT2D eigenvalue weighted by molar-refractivity contribution is 7.89. The molecule has 0 bridgehead atoms. The number of nitro benzene ring substituents is 1. The fraction of sp³-hybridized carbons (Fsp3) is 0.400. The molecule has 0 heterocycles. The maximum atomic E-state index is 12.3. The maximum Gasteiger partial charge on any atom is 0.289 e. The van der Waals surface area contributed by atoms with Gasteiger partial charge in [-0.25, -0.2) is 17.2 Å². The minimum absolute atomic E-state index is 0.319. The summed E-state index contributed by atoms with van der Waals surface area (Å²) < 4.78 is 49.2. The molecule has 0 unspecified atom stereocenters. The summed E-state index contributed by atoms with van der Waals surface area (Å²) in [5.74, 6) is 0. The smallest absolute Gasteiger partial charge is 0.289 e. The SMILES string of the molecule is CNc1ccc([N+](=O)[O-])c(S(=O)(=O)N(C)CC(F)F)c1. The Balaban J connectivity index is 3.38. The van der Waals surface area contributed by atoms with Crippen LogP contribution in [0.2, 0.25) is 0 Å². The third-order valence-corrected chi connectivity index (χ3v) is 4.38. The molecular weight excluding hydrogens is 296 g/mol. The van der Waals surface area contributed by atoms with Crippen molar-refractivity contribution in [3.05, 3.63) is 28.3 Å². The van der Waals surface area contributed by atoms with Gasteiger partial charge in [0.25, 0.3) is 12.1 Å². The molecule has 1 rings (SSSR count). The fourth-order valence-corrected chi connectivity index (χ4v) is 2.81. The Hall–Kier alpha value is -1.81. The first kappa shape index (κ1) is 16.2. The summed E-state index contributed by atoms with van der Waals surface area (Å²) >= 11 is 0. The predicted octanol–water partition coefficient (Wildman–Crippen LogP) is 1.52. The lowest BCUT2D eigenvalue weighted by atomic mass is 10.3. The monoisotopic (exact) mass is 309 g/mol. The average molecular weight is 309 g/mol. The first-order valence-corrected chi connectivity index (χ1v) is 6.85. The Labute approximate surface area is 114 Å². The van der Waals surface area contributed by atoms with Crippen molar-refractivity contribution in [2.45, 2.75) is 11.3 Å². The van der Waals surface area contributed by atoms with Crippen molar-refractivity contribution in [1.29, 1.82) is 0 Å². The standard InChI is InChI=1S/C10H13F2N3O4S/c1-13-7-3-4-8(15(16)17)9(5-7)20(18,19)14(2)6-10(11)12/h3-5,10,13H,6H2,1-2H3. The Bertz CT molecular complexity index is 607. The van der Waals surface area contributed by atoms with Crippen LogP contribution in [0.3, 0.4) is 0 Å². The molecule has 0 fully saturated rings. The van der Waals surface area contributed by atoms with Crippen LogP contribution in [0.1, 0.15) is 0 Å². The average Bonchev–Trinajstić information content (AvgIpc) is 2.36. The van der Waals surface area contributed by atoms with E-state index in [9.17, 15) is 27.3 Å². The van der Waals surface area contributed by atoms with E-state index in [1.165, 1.54) is 13.1 Å². The van der Waals surface area contributed by atoms with Gasteiger partial charge >= 0.3 is 0 Å². The van der Waals surface area contributed by atoms with E-state index in [1.54, 1.807) is 0 Å². The molecule has 7 nitrogen and oxygen atoms in total. The zero-order valence-corrected chi connectivity index (χ0v) is 11.5. The van der Waals surface area contributed by atoms with Gasteiger partial charge in [-0.1, -0.05) is 0 Å². The van der Waals surface area contributed by atoms with E-state index in [0.29, 0.717) is 9.99 Å². The lowest BCUT2D eigenvalue weighted by molar-refractivity contribution is -0.387. The molecule has 112 valence electrons. The Kier molecular flexibility index (Phi) is 4.95. The summed E-state index contributed by atoms with van der Waals surface area (Å²) in [6.45, 7) is -1.04. The predicted molar refractivity (Wildman–Crippen MR) is 68.5 cm³/mol. The second-order valence-corrected chi connectivity index (χ2v) is 5.88. The van der Waals surface area contributed by atoms with Crippen molar-refractivity contribution in [2.24, 2.45) is 0 Å². The van der Waals surface area contributed by atoms with E-state index in [4.69, 9.17) is 0 Å². The molecule has 0 aliphatic heterocycles. The second-order valence-electron chi connectivity index (χ2n) is 3.87. The molecule has 0 aliphatic rings. The Morgan fingerprint density at radius 3 is 2.50 bits per heavy atom. The molecule has 20 heavy (non-hydrogen) atoms. The number of nitrogens with one attached hydrogen (secondary N) is 1. The molecule has 0 radical (unpaired) electrons. The van der Waals surface area contributed by atoms with Gasteiger partial charge in [-0.3, -0.25) is 10.1 Å². The molecule has 0 spiro atoms. The van der Waals surface area contributed by atoms with E-state index in [2.05, 4.69) is 5.32 Å². The highest BCUT2D eigenvalue weighted by Gasteiger charge is 2.31. The van der Waals surface area contributed by atoms with Gasteiger partial charge in [0.2, 0.25) is 10.0 Å². The Morgan fingerprint density at radius 1 is 1.45 bits per heavy atom. The highest BCUT2D eigenvalue weighted by Crippen LogP contribution is 2.29. The Morgan fingerprint density at radius 2 is 2.05 bits per heavy atom. The molecule has 10 heteroatoms. The molecular formula is C10H13F2N3O4S. The molecule has 1 aromatic carbocycles. The number of hydrogen-bond donors (Lipinski definition) is 1. The number of nitrogens with zero attached hydrogens (tertiary/aromatic N) is 2. The number of halogens is 2. The largest absolute Gasteiger partial charge is 0.388 e. The zero-order chi connectivity index (χ0) is 15.5. The first-order chi connectivity index (χ1) is 9.20. The van der Waals surface area contributed by atoms with Crippen LogP contribution in [0.5, 0.6) is 0 Å². The number of hydrogen-bond acceptors (Lipinski definition) is 5. The van der Waals surface area contributed by atoms with Crippen LogP contribution in [-0.2, 0) is 10.0 Å². The quantitative estimate of drug-likeness (QED) is 0.635. The van der Waals surface area contributed by atoms with Crippen molar-refractivity contribution in [2.75, 3.05) is 26.0 Å². The summed E-state index contributed by atoms with van der Waals surface area (Å²) in [5.41, 5.74) is -0.343. The summed E-state index contributed by atoms with van der Waals surface area (Å²) in [7, 11) is -1.93. The van der Waals surface area contributed by atoms with Gasteiger partial charge < -0.3 is 5.32 Å². The van der Waals surface area contributed by atoms with Crippen molar-refractivity contribution in [1.82, 2.24) is 4.31 Å². The van der Waals surface area contributed by atoms with E-state index < -0.39 is 38.5 Å². The van der Waals surface area contributed by atoms with E-state index in [-0.39, 0.29) is 0 Å². The van der Waals surface area contributed by atoms with Crippen molar-refractivity contribution >= 4 is 21.4 Å². The number of nitro groups is 1. The van der Waals surface area contributed by atoms with Gasteiger partial charge in [0.05, 0.1) is 11.5 Å². The first-order valence-electron chi connectivity index (χ1n) is 5.40. The molecule has 0 atom stereocenters. The van der Waals surface area contributed by atoms with Crippen molar-refractivity contribution < 1.29 is 22.1 Å². The number of sulfonamides is 1. The number of rotatable bonds is 6. The topological polar surface area (TPSA) is 92.5 Å². The van der Waals surface area contributed by atoms with E-state index >= 15 is 0 Å². The number of anilines is 1. The van der Waals surface area contributed by atoms with E-state index in [1.807, 2.05) is 0 Å². The maximum absolute atomic E-state index is 12.3. The third-order valence-electron chi connectivity index (χ3n) is 2.53. The summed E-state index contributed by atoms with van der Waals surface area (Å²) in [6, 6.07) is 3.37. The molecule has 0 amide bonds. The summed E-state index contributed by atoms with van der Waals surface area (Å²) in [6.07, 6.45) is -2.87. The van der Waals surface area contributed by atoms with Crippen LogP contribution < -0.4 is 5.32 Å². The van der Waals surface area contributed by atoms with Crippen LogP contribution in [0, 0.1) is 10.1 Å². The lowest BCUT2D eigenvalue weighted by Crippen LogP contribution is -2.31. The summed E-state index contributed by atoms with van der Waals surface area (Å²) in [5, 5.41) is 13.5. The molecule has 0 saturated carbocycles. The third kappa shape index (κ3) is 3.39. The highest BCUT2D eigenvalue weighted by atomic mass is 32.2. The second kappa shape index (κ2) is 6.09. The van der Waals surface area contributed by atoms with Gasteiger partial charge in [0.1, 0.15) is 0 Å². The van der Waals surface area contributed by atoms with Gasteiger partial charge in [0, 0.05) is 25.8 Å². The molecule has 0 saturated heterocycles. The van der Waals surface area contributed by atoms with Gasteiger partial charge in [-0.2, -0.15) is 4.31 Å². The number of benzene rings is 1. The van der Waals surface area contributed by atoms with E-state index in [0.717, 1.165) is 19.2 Å². The number of alkyl halides is 2. The normalized spacial score (nSPS) is 11.9. The van der Waals surface area contributed by atoms with Crippen molar-refractivity contribution in [3.8, 4) is 0 Å². The van der Waals surface area contributed by atoms with Gasteiger partial charge in [0.15, 0.2) is 4.90 Å². The van der Waals surface area contributed by atoms with Gasteiger partial charge in [-0.05, 0) is 12.1 Å². The molecule has 1 N–H and O–H groups in total. The molecule has 0 aliphatic carbocycles. The van der Waals surface area contributed by atoms with Crippen LogP contribution in [0.15, 0.2) is 23.1 Å². The fourth-order valence-electron chi connectivity index (χ4n) is 1.49.